The maximum atomic E-state index is 11.6. The summed E-state index contributed by atoms with van der Waals surface area (Å²) in [5.41, 5.74) is -0.904. The van der Waals surface area contributed by atoms with Crippen LogP contribution in [-0.2, 0) is 33.3 Å². The maximum Gasteiger partial charge on any atom is 0.303 e. The second kappa shape index (κ2) is 10.1. The van der Waals surface area contributed by atoms with Crippen molar-refractivity contribution in [2.75, 3.05) is 6.61 Å². The second-order valence-corrected chi connectivity index (χ2v) is 7.00. The Morgan fingerprint density at radius 1 is 1.07 bits per heavy atom. The van der Waals surface area contributed by atoms with Gasteiger partial charge in [0.1, 0.15) is 18.4 Å². The fourth-order valence-electron chi connectivity index (χ4n) is 2.59. The second-order valence-electron chi connectivity index (χ2n) is 5.87. The van der Waals surface area contributed by atoms with Crippen LogP contribution in [0, 0.1) is 0 Å². The molecule has 0 saturated carbocycles. The smallest absolute Gasteiger partial charge is 0.303 e. The first-order valence-corrected chi connectivity index (χ1v) is 9.26. The molecule has 1 heterocycles. The Labute approximate surface area is 166 Å². The Hall–Kier alpha value is -2.59. The molecule has 10 heteroatoms. The van der Waals surface area contributed by atoms with Crippen molar-refractivity contribution in [3.8, 4) is 0 Å². The van der Waals surface area contributed by atoms with Crippen LogP contribution in [0.2, 0.25) is 0 Å². The van der Waals surface area contributed by atoms with Gasteiger partial charge in [-0.3, -0.25) is 14.4 Å². The molecule has 9 nitrogen and oxygen atoms in total. The molecule has 1 aliphatic rings. The highest BCUT2D eigenvalue weighted by atomic mass is 32.2. The quantitative estimate of drug-likeness (QED) is 0.323. The third kappa shape index (κ3) is 5.96. The maximum absolute atomic E-state index is 11.6. The van der Waals surface area contributed by atoms with E-state index in [1.165, 1.54) is 32.5 Å². The lowest BCUT2D eigenvalue weighted by Gasteiger charge is -2.40. The minimum atomic E-state index is -1.21. The Morgan fingerprint density at radius 3 is 2.25 bits per heavy atom. The molecule has 1 aliphatic heterocycles. The lowest BCUT2D eigenvalue weighted by molar-refractivity contribution is -0.184. The SMILES string of the molecule is CC(=O)OC[C@H]1O[C@H](Sc2ccccc2)/C(=N/O)[C@@H](OC(C)=O)[C@H]1OC(C)=O. The molecular formula is C18H21NO8S. The molecule has 0 spiro atoms. The number of oxime groups is 1. The molecule has 1 fully saturated rings. The first-order chi connectivity index (χ1) is 13.3. The lowest BCUT2D eigenvalue weighted by atomic mass is 10.00. The summed E-state index contributed by atoms with van der Waals surface area (Å²) in [7, 11) is 0. The van der Waals surface area contributed by atoms with Crippen molar-refractivity contribution < 1.29 is 38.5 Å². The summed E-state index contributed by atoms with van der Waals surface area (Å²) in [6.45, 7) is 3.34. The van der Waals surface area contributed by atoms with Crippen LogP contribution in [0.15, 0.2) is 40.4 Å². The number of carbonyl (C=O) groups excluding carboxylic acids is 3. The summed E-state index contributed by atoms with van der Waals surface area (Å²) < 4.78 is 21.4. The fraction of sp³-hybridized carbons (Fsp3) is 0.444. The molecule has 2 rings (SSSR count). The van der Waals surface area contributed by atoms with Gasteiger partial charge in [-0.25, -0.2) is 0 Å². The van der Waals surface area contributed by atoms with Crippen molar-refractivity contribution in [2.24, 2.45) is 5.16 Å². The topological polar surface area (TPSA) is 121 Å². The van der Waals surface area contributed by atoms with Crippen molar-refractivity contribution in [1.82, 2.24) is 0 Å². The minimum absolute atomic E-state index is 0.0330. The number of benzene rings is 1. The van der Waals surface area contributed by atoms with Crippen LogP contribution in [0.5, 0.6) is 0 Å². The molecule has 0 unspecified atom stereocenters. The molecule has 0 amide bonds. The van der Waals surface area contributed by atoms with Gasteiger partial charge in [-0.15, -0.1) is 0 Å². The van der Waals surface area contributed by atoms with Gasteiger partial charge in [-0.1, -0.05) is 35.1 Å². The zero-order chi connectivity index (χ0) is 20.7. The van der Waals surface area contributed by atoms with E-state index in [2.05, 4.69) is 5.16 Å². The summed E-state index contributed by atoms with van der Waals surface area (Å²) in [6, 6.07) is 9.13. The summed E-state index contributed by atoms with van der Waals surface area (Å²) in [6.07, 6.45) is -3.30. The fourth-order valence-corrected chi connectivity index (χ4v) is 3.65. The number of rotatable bonds is 6. The number of thioether (sulfide) groups is 1. The van der Waals surface area contributed by atoms with Gasteiger partial charge in [0, 0.05) is 25.7 Å². The first-order valence-electron chi connectivity index (χ1n) is 8.38. The monoisotopic (exact) mass is 411 g/mol. The molecule has 0 aromatic heterocycles. The largest absolute Gasteiger partial charge is 0.463 e. The van der Waals surface area contributed by atoms with E-state index in [1.807, 2.05) is 30.3 Å². The van der Waals surface area contributed by atoms with Crippen LogP contribution in [0.4, 0.5) is 0 Å². The van der Waals surface area contributed by atoms with E-state index in [0.29, 0.717) is 0 Å². The van der Waals surface area contributed by atoms with Crippen molar-refractivity contribution in [2.45, 2.75) is 49.4 Å². The van der Waals surface area contributed by atoms with Crippen molar-refractivity contribution in [3.05, 3.63) is 30.3 Å². The summed E-state index contributed by atoms with van der Waals surface area (Å²) in [4.78, 5) is 35.2. The molecule has 152 valence electrons. The number of ether oxygens (including phenoxy) is 4. The number of hydrogen-bond donors (Lipinski definition) is 1. The minimum Gasteiger partial charge on any atom is -0.463 e. The number of esters is 3. The van der Waals surface area contributed by atoms with E-state index >= 15 is 0 Å². The Kier molecular flexibility index (Phi) is 7.82. The summed E-state index contributed by atoms with van der Waals surface area (Å²) in [5, 5.41) is 12.8. The van der Waals surface area contributed by atoms with Gasteiger partial charge in [0.15, 0.2) is 17.6 Å². The van der Waals surface area contributed by atoms with Gasteiger partial charge in [0.2, 0.25) is 0 Å². The third-order valence-corrected chi connectivity index (χ3v) is 4.75. The Bertz CT molecular complexity index is 738. The molecular weight excluding hydrogens is 390 g/mol. The van der Waals surface area contributed by atoms with Crippen LogP contribution >= 0.6 is 11.8 Å². The zero-order valence-electron chi connectivity index (χ0n) is 15.6. The number of carbonyl (C=O) groups is 3. The van der Waals surface area contributed by atoms with Gasteiger partial charge in [0.25, 0.3) is 0 Å². The Morgan fingerprint density at radius 2 is 1.71 bits per heavy atom. The van der Waals surface area contributed by atoms with Crippen molar-refractivity contribution in [1.29, 1.82) is 0 Å². The van der Waals surface area contributed by atoms with Gasteiger partial charge in [-0.05, 0) is 12.1 Å². The van der Waals surface area contributed by atoms with Gasteiger partial charge in [0.05, 0.1) is 0 Å². The van der Waals surface area contributed by atoms with Crippen LogP contribution in [0.3, 0.4) is 0 Å². The highest BCUT2D eigenvalue weighted by Crippen LogP contribution is 2.34. The van der Waals surface area contributed by atoms with E-state index in [9.17, 15) is 19.6 Å². The number of hydrogen-bond acceptors (Lipinski definition) is 10. The third-order valence-electron chi connectivity index (χ3n) is 3.64. The summed E-state index contributed by atoms with van der Waals surface area (Å²) >= 11 is 1.20. The van der Waals surface area contributed by atoms with Crippen molar-refractivity contribution >= 4 is 35.4 Å². The normalized spacial score (nSPS) is 25.8. The average Bonchev–Trinajstić information content (AvgIpc) is 2.62. The van der Waals surface area contributed by atoms with Crippen molar-refractivity contribution in [3.63, 3.8) is 0 Å². The van der Waals surface area contributed by atoms with Gasteiger partial charge in [-0.2, -0.15) is 0 Å². The number of nitrogens with zero attached hydrogens (tertiary/aromatic N) is 1. The summed E-state index contributed by atoms with van der Waals surface area (Å²) in [5.74, 6) is -1.88. The molecule has 0 radical (unpaired) electrons. The van der Waals surface area contributed by atoms with Crippen LogP contribution < -0.4 is 0 Å². The molecule has 1 aromatic rings. The van der Waals surface area contributed by atoms with E-state index in [-0.39, 0.29) is 12.3 Å². The molecule has 4 atom stereocenters. The average molecular weight is 411 g/mol. The predicted octanol–water partition coefficient (Wildman–Crippen LogP) is 1.76. The van der Waals surface area contributed by atoms with E-state index in [0.717, 1.165) is 4.90 Å². The van der Waals surface area contributed by atoms with E-state index in [1.54, 1.807) is 0 Å². The predicted molar refractivity (Wildman–Crippen MR) is 97.9 cm³/mol. The van der Waals surface area contributed by atoms with E-state index in [4.69, 9.17) is 18.9 Å². The highest BCUT2D eigenvalue weighted by Gasteiger charge is 2.49. The molecule has 28 heavy (non-hydrogen) atoms. The standard InChI is InChI=1S/C18H21NO8S/c1-10(20)24-9-14-16(25-11(2)21)17(26-12(3)22)15(19-23)18(27-14)28-13-7-5-4-6-8-13/h4-8,14,16-18,23H,9H2,1-3H3/b19-15+/t14-,16+,17-,18-/m1/s1. The molecule has 1 N–H and O–H groups in total. The van der Waals surface area contributed by atoms with Crippen LogP contribution in [0.25, 0.3) is 0 Å². The Balaban J connectivity index is 2.36. The highest BCUT2D eigenvalue weighted by molar-refractivity contribution is 8.00. The van der Waals surface area contributed by atoms with Gasteiger partial charge >= 0.3 is 17.9 Å². The van der Waals surface area contributed by atoms with Crippen LogP contribution in [0.1, 0.15) is 20.8 Å². The first kappa shape index (κ1) is 21.7. The van der Waals surface area contributed by atoms with Gasteiger partial charge < -0.3 is 24.2 Å². The molecule has 0 aliphatic carbocycles. The zero-order valence-corrected chi connectivity index (χ0v) is 16.4. The van der Waals surface area contributed by atoms with Crippen LogP contribution in [-0.4, -0.2) is 59.2 Å². The lowest BCUT2D eigenvalue weighted by Crippen LogP contribution is -2.58. The molecule has 1 saturated heterocycles. The van der Waals surface area contributed by atoms with E-state index < -0.39 is 41.7 Å². The molecule has 0 bridgehead atoms. The molecule has 1 aromatic carbocycles.